The molecule has 2 N–H and O–H groups in total. The second-order valence-electron chi connectivity index (χ2n) is 3.67. The Hall–Kier alpha value is -1.57. The van der Waals surface area contributed by atoms with Crippen LogP contribution in [0.15, 0.2) is 0 Å². The van der Waals surface area contributed by atoms with Crippen LogP contribution in [0.2, 0.25) is 0 Å². The molecule has 78 valence electrons. The molecule has 0 saturated heterocycles. The molecular weight excluding hydrogens is 186 g/mol. The molecule has 0 aliphatic rings. The summed E-state index contributed by atoms with van der Waals surface area (Å²) in [6.45, 7) is 3.49. The Morgan fingerprint density at radius 3 is 2.14 bits per heavy atom. The first-order chi connectivity index (χ1) is 6.34. The van der Waals surface area contributed by atoms with E-state index >= 15 is 0 Å². The van der Waals surface area contributed by atoms with Crippen molar-refractivity contribution in [3.8, 4) is 6.07 Å². The third-order valence-electron chi connectivity index (χ3n) is 1.83. The van der Waals surface area contributed by atoms with E-state index in [0.717, 1.165) is 0 Å². The van der Waals surface area contributed by atoms with Gasteiger partial charge in [-0.2, -0.15) is 5.26 Å². The lowest BCUT2D eigenvalue weighted by Gasteiger charge is -2.21. The van der Waals surface area contributed by atoms with Crippen LogP contribution in [0.5, 0.6) is 0 Å². The minimum atomic E-state index is -1.79. The van der Waals surface area contributed by atoms with Crippen LogP contribution in [0.4, 0.5) is 0 Å². The van der Waals surface area contributed by atoms with Crippen LogP contribution in [0.25, 0.3) is 0 Å². The number of carbonyl (C=O) groups is 2. The number of hydrogen-bond acceptors (Lipinski definition) is 3. The lowest BCUT2D eigenvalue weighted by Crippen LogP contribution is -2.33. The third kappa shape index (κ3) is 3.05. The summed E-state index contributed by atoms with van der Waals surface area (Å²) in [6, 6.07) is 1.60. The molecule has 1 unspecified atom stereocenters. The number of rotatable bonds is 5. The Morgan fingerprint density at radius 1 is 1.43 bits per heavy atom. The Bertz CT molecular complexity index is 279. The average molecular weight is 199 g/mol. The van der Waals surface area contributed by atoms with Crippen molar-refractivity contribution in [2.45, 2.75) is 26.7 Å². The molecule has 0 heterocycles. The van der Waals surface area contributed by atoms with E-state index in [-0.39, 0.29) is 12.3 Å². The first kappa shape index (κ1) is 12.4. The second-order valence-corrected chi connectivity index (χ2v) is 3.67. The number of aliphatic carboxylic acids is 2. The zero-order valence-electron chi connectivity index (χ0n) is 8.15. The van der Waals surface area contributed by atoms with Crippen molar-refractivity contribution >= 4 is 11.9 Å². The van der Waals surface area contributed by atoms with Gasteiger partial charge < -0.3 is 10.2 Å². The standard InChI is InChI=1S/C9H13NO4/c1-6(2)3-9(5-10,8(13)14)4-7(11)12/h6H,3-4H2,1-2H3,(H,11,12)(H,13,14). The zero-order valence-corrected chi connectivity index (χ0v) is 8.15. The maximum Gasteiger partial charge on any atom is 0.324 e. The van der Waals surface area contributed by atoms with Crippen molar-refractivity contribution in [1.82, 2.24) is 0 Å². The Balaban J connectivity index is 4.91. The number of carboxylic acid groups (broad SMARTS) is 2. The molecule has 5 heteroatoms. The largest absolute Gasteiger partial charge is 0.481 e. The van der Waals surface area contributed by atoms with Gasteiger partial charge in [-0.25, -0.2) is 0 Å². The molecule has 14 heavy (non-hydrogen) atoms. The molecule has 0 aromatic rings. The van der Waals surface area contributed by atoms with E-state index in [0.29, 0.717) is 0 Å². The van der Waals surface area contributed by atoms with Gasteiger partial charge in [0.05, 0.1) is 12.5 Å². The molecule has 0 radical (unpaired) electrons. The summed E-state index contributed by atoms with van der Waals surface area (Å²) in [6.07, 6.45) is -0.609. The molecule has 0 rings (SSSR count). The molecule has 0 fully saturated rings. The molecule has 0 aliphatic carbocycles. The van der Waals surface area contributed by atoms with Gasteiger partial charge in [0.1, 0.15) is 0 Å². The average Bonchev–Trinajstić information content (AvgIpc) is 2.00. The van der Waals surface area contributed by atoms with Crippen molar-refractivity contribution in [2.24, 2.45) is 11.3 Å². The molecule has 0 aromatic heterocycles. The molecule has 0 amide bonds. The van der Waals surface area contributed by atoms with Gasteiger partial charge in [-0.3, -0.25) is 9.59 Å². The van der Waals surface area contributed by atoms with Crippen molar-refractivity contribution in [3.63, 3.8) is 0 Å². The maximum atomic E-state index is 10.8. The highest BCUT2D eigenvalue weighted by Gasteiger charge is 2.41. The molecule has 5 nitrogen and oxygen atoms in total. The summed E-state index contributed by atoms with van der Waals surface area (Å²) >= 11 is 0. The Morgan fingerprint density at radius 2 is 1.93 bits per heavy atom. The van der Waals surface area contributed by atoms with Crippen LogP contribution in [0.1, 0.15) is 26.7 Å². The molecule has 0 aliphatic heterocycles. The lowest BCUT2D eigenvalue weighted by molar-refractivity contribution is -0.153. The number of carboxylic acids is 2. The van der Waals surface area contributed by atoms with Gasteiger partial charge in [-0.15, -0.1) is 0 Å². The zero-order chi connectivity index (χ0) is 11.4. The van der Waals surface area contributed by atoms with E-state index in [1.165, 1.54) is 0 Å². The number of hydrogen-bond donors (Lipinski definition) is 2. The minimum Gasteiger partial charge on any atom is -0.481 e. The first-order valence-electron chi connectivity index (χ1n) is 4.20. The molecule has 1 atom stereocenters. The van der Waals surface area contributed by atoms with Gasteiger partial charge in [0.25, 0.3) is 0 Å². The van der Waals surface area contributed by atoms with Crippen LogP contribution < -0.4 is 0 Å². The molecule has 0 spiro atoms. The fourth-order valence-electron chi connectivity index (χ4n) is 1.32. The van der Waals surface area contributed by atoms with Crippen molar-refractivity contribution < 1.29 is 19.8 Å². The maximum absolute atomic E-state index is 10.8. The fraction of sp³-hybridized carbons (Fsp3) is 0.667. The van der Waals surface area contributed by atoms with E-state index in [4.69, 9.17) is 15.5 Å². The third-order valence-corrected chi connectivity index (χ3v) is 1.83. The fourth-order valence-corrected chi connectivity index (χ4v) is 1.32. The SMILES string of the molecule is CC(C)CC(C#N)(CC(=O)O)C(=O)O. The van der Waals surface area contributed by atoms with Crippen LogP contribution in [0.3, 0.4) is 0 Å². The quantitative estimate of drug-likeness (QED) is 0.690. The number of nitriles is 1. The summed E-state index contributed by atoms with van der Waals surface area (Å²) in [5.74, 6) is -2.67. The minimum absolute atomic E-state index is 0.0369. The summed E-state index contributed by atoms with van der Waals surface area (Å²) in [5, 5.41) is 26.1. The van der Waals surface area contributed by atoms with Gasteiger partial charge in [0.2, 0.25) is 0 Å². The topological polar surface area (TPSA) is 98.4 Å². The van der Waals surface area contributed by atoms with Crippen LogP contribution in [0, 0.1) is 22.7 Å². The van der Waals surface area contributed by atoms with Crippen molar-refractivity contribution in [3.05, 3.63) is 0 Å². The monoisotopic (exact) mass is 199 g/mol. The van der Waals surface area contributed by atoms with Gasteiger partial charge in [0, 0.05) is 0 Å². The Labute approximate surface area is 82.0 Å². The predicted octanol–water partition coefficient (Wildman–Crippen LogP) is 1.10. The smallest absolute Gasteiger partial charge is 0.324 e. The van der Waals surface area contributed by atoms with E-state index in [1.807, 2.05) is 0 Å². The van der Waals surface area contributed by atoms with E-state index in [9.17, 15) is 9.59 Å². The summed E-state index contributed by atoms with van der Waals surface area (Å²) < 4.78 is 0. The van der Waals surface area contributed by atoms with Crippen LogP contribution in [-0.2, 0) is 9.59 Å². The molecule has 0 aromatic carbocycles. The molecular formula is C9H13NO4. The van der Waals surface area contributed by atoms with E-state index in [2.05, 4.69) is 0 Å². The van der Waals surface area contributed by atoms with Gasteiger partial charge in [-0.1, -0.05) is 13.8 Å². The summed E-state index contributed by atoms with van der Waals surface area (Å²) in [4.78, 5) is 21.3. The normalized spacial score (nSPS) is 14.4. The molecule has 0 bridgehead atoms. The van der Waals surface area contributed by atoms with E-state index < -0.39 is 23.8 Å². The highest BCUT2D eigenvalue weighted by molar-refractivity contribution is 5.84. The van der Waals surface area contributed by atoms with Gasteiger partial charge >= 0.3 is 11.9 Å². The van der Waals surface area contributed by atoms with Gasteiger partial charge in [0.15, 0.2) is 5.41 Å². The highest BCUT2D eigenvalue weighted by Crippen LogP contribution is 2.30. The van der Waals surface area contributed by atoms with Gasteiger partial charge in [-0.05, 0) is 12.3 Å². The van der Waals surface area contributed by atoms with E-state index in [1.54, 1.807) is 19.9 Å². The van der Waals surface area contributed by atoms with Crippen LogP contribution in [-0.4, -0.2) is 22.2 Å². The lowest BCUT2D eigenvalue weighted by atomic mass is 9.79. The summed E-state index contributed by atoms with van der Waals surface area (Å²) in [7, 11) is 0. The van der Waals surface area contributed by atoms with Crippen LogP contribution >= 0.6 is 0 Å². The van der Waals surface area contributed by atoms with Crippen molar-refractivity contribution in [1.29, 1.82) is 5.26 Å². The second kappa shape index (κ2) is 4.61. The first-order valence-corrected chi connectivity index (χ1v) is 4.20. The Kier molecular flexibility index (Phi) is 4.09. The molecule has 0 saturated carbocycles. The van der Waals surface area contributed by atoms with Crippen molar-refractivity contribution in [2.75, 3.05) is 0 Å². The summed E-state index contributed by atoms with van der Waals surface area (Å²) in [5.41, 5.74) is -1.79. The predicted molar refractivity (Wildman–Crippen MR) is 47.4 cm³/mol. The number of nitrogens with zero attached hydrogens (tertiary/aromatic N) is 1. The highest BCUT2D eigenvalue weighted by atomic mass is 16.4.